The van der Waals surface area contributed by atoms with Crippen molar-refractivity contribution in [3.8, 4) is 0 Å². The summed E-state index contributed by atoms with van der Waals surface area (Å²) in [7, 11) is 0. The van der Waals surface area contributed by atoms with Crippen LogP contribution in [0.25, 0.3) is 0 Å². The zero-order valence-corrected chi connectivity index (χ0v) is 10.7. The van der Waals surface area contributed by atoms with Crippen molar-refractivity contribution in [3.63, 3.8) is 0 Å². The fourth-order valence-corrected chi connectivity index (χ4v) is 2.57. The quantitative estimate of drug-likeness (QED) is 0.730. The van der Waals surface area contributed by atoms with Gasteiger partial charge in [-0.3, -0.25) is 0 Å². The van der Waals surface area contributed by atoms with E-state index in [0.717, 1.165) is 10.7 Å². The van der Waals surface area contributed by atoms with Gasteiger partial charge >= 0.3 is 0 Å². The summed E-state index contributed by atoms with van der Waals surface area (Å²) in [5.41, 5.74) is 2.37. The Morgan fingerprint density at radius 1 is 1.12 bits per heavy atom. The van der Waals surface area contributed by atoms with Gasteiger partial charge in [0.25, 0.3) is 0 Å². The number of halogens is 1. The summed E-state index contributed by atoms with van der Waals surface area (Å²) >= 11 is 6.19. The van der Waals surface area contributed by atoms with Gasteiger partial charge in [-0.15, -0.1) is 0 Å². The van der Waals surface area contributed by atoms with Gasteiger partial charge in [0.1, 0.15) is 0 Å². The molecule has 1 aliphatic rings. The normalized spacial score (nSPS) is 18.1. The summed E-state index contributed by atoms with van der Waals surface area (Å²) in [6.45, 7) is 2.11. The monoisotopic (exact) mass is 237 g/mol. The standard InChI is InChI=1S/C14H20ClN/c1-11-8-9-13(15)14(10-11)16-12-6-4-2-3-5-7-12/h8-10,12,16H,2-7H2,1H3. The molecule has 88 valence electrons. The van der Waals surface area contributed by atoms with Crippen molar-refractivity contribution in [1.29, 1.82) is 0 Å². The lowest BCUT2D eigenvalue weighted by atomic mass is 10.1. The van der Waals surface area contributed by atoms with E-state index in [4.69, 9.17) is 11.6 Å². The van der Waals surface area contributed by atoms with Crippen LogP contribution < -0.4 is 5.32 Å². The average Bonchev–Trinajstić information content (AvgIpc) is 2.52. The number of hydrogen-bond donors (Lipinski definition) is 1. The molecule has 0 aliphatic heterocycles. The van der Waals surface area contributed by atoms with E-state index < -0.39 is 0 Å². The van der Waals surface area contributed by atoms with Gasteiger partial charge in [0.2, 0.25) is 0 Å². The Morgan fingerprint density at radius 2 is 1.81 bits per heavy atom. The predicted octanol–water partition coefficient (Wildman–Crippen LogP) is 4.78. The summed E-state index contributed by atoms with van der Waals surface area (Å²) in [5.74, 6) is 0. The highest BCUT2D eigenvalue weighted by molar-refractivity contribution is 6.33. The molecule has 1 fully saturated rings. The molecule has 1 aromatic rings. The zero-order chi connectivity index (χ0) is 11.4. The molecule has 0 aromatic heterocycles. The molecule has 2 heteroatoms. The third kappa shape index (κ3) is 3.15. The van der Waals surface area contributed by atoms with E-state index in [9.17, 15) is 0 Å². The zero-order valence-electron chi connectivity index (χ0n) is 9.93. The van der Waals surface area contributed by atoms with Gasteiger partial charge in [0.15, 0.2) is 0 Å². The van der Waals surface area contributed by atoms with E-state index >= 15 is 0 Å². The summed E-state index contributed by atoms with van der Waals surface area (Å²) in [6.07, 6.45) is 8.04. The summed E-state index contributed by atoms with van der Waals surface area (Å²) in [6, 6.07) is 6.80. The van der Waals surface area contributed by atoms with Crippen LogP contribution in [0.5, 0.6) is 0 Å². The molecule has 0 saturated heterocycles. The minimum absolute atomic E-state index is 0.613. The van der Waals surface area contributed by atoms with Crippen LogP contribution in [0.15, 0.2) is 18.2 Å². The lowest BCUT2D eigenvalue weighted by Crippen LogP contribution is -2.18. The maximum absolute atomic E-state index is 6.19. The number of aryl methyl sites for hydroxylation is 1. The highest BCUT2D eigenvalue weighted by Gasteiger charge is 2.12. The third-order valence-corrected chi connectivity index (χ3v) is 3.67. The Labute approximate surface area is 103 Å². The van der Waals surface area contributed by atoms with Gasteiger partial charge < -0.3 is 5.32 Å². The van der Waals surface area contributed by atoms with Crippen molar-refractivity contribution in [2.75, 3.05) is 5.32 Å². The van der Waals surface area contributed by atoms with Gasteiger partial charge in [0.05, 0.1) is 10.7 Å². The van der Waals surface area contributed by atoms with Crippen LogP contribution in [-0.4, -0.2) is 6.04 Å². The second-order valence-electron chi connectivity index (χ2n) is 4.82. The van der Waals surface area contributed by atoms with Crippen molar-refractivity contribution in [1.82, 2.24) is 0 Å². The van der Waals surface area contributed by atoms with Crippen molar-refractivity contribution < 1.29 is 0 Å². The largest absolute Gasteiger partial charge is 0.381 e. The minimum Gasteiger partial charge on any atom is -0.381 e. The van der Waals surface area contributed by atoms with Gasteiger partial charge in [-0.1, -0.05) is 43.4 Å². The van der Waals surface area contributed by atoms with Crippen LogP contribution >= 0.6 is 11.6 Å². The van der Waals surface area contributed by atoms with Crippen molar-refractivity contribution in [3.05, 3.63) is 28.8 Å². The fourth-order valence-electron chi connectivity index (χ4n) is 2.39. The number of anilines is 1. The third-order valence-electron chi connectivity index (χ3n) is 3.34. The summed E-state index contributed by atoms with van der Waals surface area (Å²) < 4.78 is 0. The smallest absolute Gasteiger partial charge is 0.0637 e. The van der Waals surface area contributed by atoms with E-state index in [1.165, 1.54) is 44.1 Å². The van der Waals surface area contributed by atoms with Gasteiger partial charge in [0, 0.05) is 6.04 Å². The summed E-state index contributed by atoms with van der Waals surface area (Å²) in [5, 5.41) is 4.44. The van der Waals surface area contributed by atoms with Crippen LogP contribution in [0.3, 0.4) is 0 Å². The molecule has 1 N–H and O–H groups in total. The molecule has 2 rings (SSSR count). The Balaban J connectivity index is 2.04. The highest BCUT2D eigenvalue weighted by Crippen LogP contribution is 2.27. The molecule has 0 heterocycles. The highest BCUT2D eigenvalue weighted by atomic mass is 35.5. The molecule has 1 aromatic carbocycles. The van der Waals surface area contributed by atoms with E-state index in [1.807, 2.05) is 6.07 Å². The Hall–Kier alpha value is -0.690. The molecule has 0 atom stereocenters. The van der Waals surface area contributed by atoms with E-state index in [2.05, 4.69) is 24.4 Å². The Morgan fingerprint density at radius 3 is 2.50 bits per heavy atom. The van der Waals surface area contributed by atoms with Crippen LogP contribution in [0, 0.1) is 6.92 Å². The van der Waals surface area contributed by atoms with Crippen LogP contribution in [0.4, 0.5) is 5.69 Å². The molecular weight excluding hydrogens is 218 g/mol. The van der Waals surface area contributed by atoms with Gasteiger partial charge in [-0.2, -0.15) is 0 Å². The van der Waals surface area contributed by atoms with Crippen molar-refractivity contribution >= 4 is 17.3 Å². The molecule has 0 unspecified atom stereocenters. The van der Waals surface area contributed by atoms with Gasteiger partial charge in [-0.05, 0) is 37.5 Å². The number of rotatable bonds is 2. The molecule has 16 heavy (non-hydrogen) atoms. The summed E-state index contributed by atoms with van der Waals surface area (Å²) in [4.78, 5) is 0. The predicted molar refractivity (Wildman–Crippen MR) is 71.3 cm³/mol. The maximum Gasteiger partial charge on any atom is 0.0637 e. The molecule has 1 nitrogen and oxygen atoms in total. The first-order valence-electron chi connectivity index (χ1n) is 6.28. The first-order valence-corrected chi connectivity index (χ1v) is 6.66. The van der Waals surface area contributed by atoms with Gasteiger partial charge in [-0.25, -0.2) is 0 Å². The number of nitrogens with one attached hydrogen (secondary N) is 1. The minimum atomic E-state index is 0.613. The van der Waals surface area contributed by atoms with Crippen LogP contribution in [0.1, 0.15) is 44.1 Å². The van der Waals surface area contributed by atoms with Crippen LogP contribution in [-0.2, 0) is 0 Å². The molecule has 0 spiro atoms. The SMILES string of the molecule is Cc1ccc(Cl)c(NC2CCCCCC2)c1. The lowest BCUT2D eigenvalue weighted by molar-refractivity contribution is 0.620. The van der Waals surface area contributed by atoms with Crippen molar-refractivity contribution in [2.45, 2.75) is 51.5 Å². The Bertz CT molecular complexity index is 341. The van der Waals surface area contributed by atoms with Crippen LogP contribution in [0.2, 0.25) is 5.02 Å². The maximum atomic E-state index is 6.19. The second-order valence-corrected chi connectivity index (χ2v) is 5.22. The second kappa shape index (κ2) is 5.58. The Kier molecular flexibility index (Phi) is 4.11. The first kappa shape index (κ1) is 11.8. The fraction of sp³-hybridized carbons (Fsp3) is 0.571. The molecular formula is C14H20ClN. The van der Waals surface area contributed by atoms with Crippen molar-refractivity contribution in [2.24, 2.45) is 0 Å². The van der Waals surface area contributed by atoms with E-state index in [1.54, 1.807) is 0 Å². The molecule has 0 bridgehead atoms. The molecule has 1 aliphatic carbocycles. The van der Waals surface area contributed by atoms with E-state index in [-0.39, 0.29) is 0 Å². The number of hydrogen-bond acceptors (Lipinski definition) is 1. The number of benzene rings is 1. The molecule has 0 amide bonds. The molecule has 0 radical (unpaired) electrons. The molecule has 1 saturated carbocycles. The first-order chi connectivity index (χ1) is 7.75. The topological polar surface area (TPSA) is 12.0 Å². The average molecular weight is 238 g/mol. The van der Waals surface area contributed by atoms with E-state index in [0.29, 0.717) is 6.04 Å². The lowest BCUT2D eigenvalue weighted by Gasteiger charge is -2.19.